The summed E-state index contributed by atoms with van der Waals surface area (Å²) >= 11 is 6.00. The second-order valence-electron chi connectivity index (χ2n) is 5.53. The van der Waals surface area contributed by atoms with Crippen LogP contribution in [0.15, 0.2) is 47.3 Å². The molecule has 0 amide bonds. The number of rotatable bonds is 1. The summed E-state index contributed by atoms with van der Waals surface area (Å²) in [6, 6.07) is 11.4. The standard InChI is InChI=1S/C18H12ClFN2O/c19-13-4-5-15-16(10-13)21-17-12(6-7-22(17)18(15)23)8-11-2-1-3-14(20)9-11/h1-5,8-10H,6-7H2/b12-8+. The van der Waals surface area contributed by atoms with E-state index < -0.39 is 0 Å². The monoisotopic (exact) mass is 326 g/mol. The Bertz CT molecular complexity index is 1020. The molecule has 0 atom stereocenters. The van der Waals surface area contributed by atoms with Crippen LogP contribution < -0.4 is 5.56 Å². The molecule has 114 valence electrons. The van der Waals surface area contributed by atoms with Gasteiger partial charge in [0.25, 0.3) is 5.56 Å². The summed E-state index contributed by atoms with van der Waals surface area (Å²) in [4.78, 5) is 17.2. The second-order valence-corrected chi connectivity index (χ2v) is 5.96. The molecule has 4 rings (SSSR count). The van der Waals surface area contributed by atoms with E-state index in [9.17, 15) is 9.18 Å². The van der Waals surface area contributed by atoms with E-state index in [0.717, 1.165) is 11.1 Å². The lowest BCUT2D eigenvalue weighted by molar-refractivity contribution is 0.627. The van der Waals surface area contributed by atoms with Gasteiger partial charge in [-0.15, -0.1) is 0 Å². The van der Waals surface area contributed by atoms with E-state index >= 15 is 0 Å². The molecule has 0 N–H and O–H groups in total. The van der Waals surface area contributed by atoms with Crippen molar-refractivity contribution >= 4 is 34.2 Å². The average Bonchev–Trinajstić information content (AvgIpc) is 2.90. The maximum atomic E-state index is 13.3. The van der Waals surface area contributed by atoms with Gasteiger partial charge in [-0.1, -0.05) is 23.7 Å². The van der Waals surface area contributed by atoms with E-state index in [0.29, 0.717) is 34.7 Å². The Kier molecular flexibility index (Phi) is 3.27. The third-order valence-corrected chi connectivity index (χ3v) is 4.23. The predicted molar refractivity (Wildman–Crippen MR) is 89.9 cm³/mol. The van der Waals surface area contributed by atoms with Gasteiger partial charge in [0.1, 0.15) is 11.6 Å². The van der Waals surface area contributed by atoms with E-state index in [-0.39, 0.29) is 11.4 Å². The van der Waals surface area contributed by atoms with Crippen molar-refractivity contribution in [2.24, 2.45) is 0 Å². The zero-order chi connectivity index (χ0) is 16.0. The zero-order valence-corrected chi connectivity index (χ0v) is 12.8. The fourth-order valence-corrected chi connectivity index (χ4v) is 3.09. The Hall–Kier alpha value is -2.46. The van der Waals surface area contributed by atoms with Crippen LogP contribution in [0, 0.1) is 5.82 Å². The van der Waals surface area contributed by atoms with E-state index in [4.69, 9.17) is 11.6 Å². The Labute approximate surface area is 136 Å². The largest absolute Gasteiger partial charge is 0.292 e. The summed E-state index contributed by atoms with van der Waals surface area (Å²) in [6.45, 7) is 0.584. The van der Waals surface area contributed by atoms with Crippen LogP contribution in [0.5, 0.6) is 0 Å². The van der Waals surface area contributed by atoms with Crippen LogP contribution in [0.1, 0.15) is 17.8 Å². The summed E-state index contributed by atoms with van der Waals surface area (Å²) < 4.78 is 15.0. The fourth-order valence-electron chi connectivity index (χ4n) is 2.93. The first-order valence-corrected chi connectivity index (χ1v) is 7.66. The molecule has 1 aliphatic heterocycles. The molecule has 0 radical (unpaired) electrons. The molecule has 23 heavy (non-hydrogen) atoms. The topological polar surface area (TPSA) is 34.9 Å². The fraction of sp³-hybridized carbons (Fsp3) is 0.111. The lowest BCUT2D eigenvalue weighted by atomic mass is 10.1. The maximum Gasteiger partial charge on any atom is 0.261 e. The molecule has 1 aromatic heterocycles. The number of fused-ring (bicyclic) bond motifs is 2. The van der Waals surface area contributed by atoms with Crippen molar-refractivity contribution in [3.05, 3.63) is 75.0 Å². The zero-order valence-electron chi connectivity index (χ0n) is 12.1. The molecule has 3 aromatic rings. The molecule has 2 heterocycles. The second kappa shape index (κ2) is 5.32. The molecular weight excluding hydrogens is 315 g/mol. The summed E-state index contributed by atoms with van der Waals surface area (Å²) in [5, 5.41) is 1.10. The minimum Gasteiger partial charge on any atom is -0.292 e. The molecule has 1 aliphatic rings. The summed E-state index contributed by atoms with van der Waals surface area (Å²) in [7, 11) is 0. The van der Waals surface area contributed by atoms with Crippen molar-refractivity contribution in [3.8, 4) is 0 Å². The lowest BCUT2D eigenvalue weighted by Crippen LogP contribution is -2.20. The van der Waals surface area contributed by atoms with E-state index in [2.05, 4.69) is 4.98 Å². The number of halogens is 2. The van der Waals surface area contributed by atoms with Gasteiger partial charge < -0.3 is 0 Å². The van der Waals surface area contributed by atoms with Crippen LogP contribution in [0.2, 0.25) is 5.02 Å². The minimum atomic E-state index is -0.284. The van der Waals surface area contributed by atoms with E-state index in [1.807, 2.05) is 12.1 Å². The summed E-state index contributed by atoms with van der Waals surface area (Å²) in [5.74, 6) is 0.349. The number of hydrogen-bond donors (Lipinski definition) is 0. The minimum absolute atomic E-state index is 0.0655. The van der Waals surface area contributed by atoms with Gasteiger partial charge in [-0.2, -0.15) is 0 Å². The van der Waals surface area contributed by atoms with Crippen molar-refractivity contribution < 1.29 is 4.39 Å². The Morgan fingerprint density at radius 2 is 2.09 bits per heavy atom. The first kappa shape index (κ1) is 14.2. The molecule has 0 unspecified atom stereocenters. The van der Waals surface area contributed by atoms with Crippen LogP contribution >= 0.6 is 11.6 Å². The maximum absolute atomic E-state index is 13.3. The quantitative estimate of drug-likeness (QED) is 0.674. The van der Waals surface area contributed by atoms with Crippen molar-refractivity contribution in [2.75, 3.05) is 0 Å². The van der Waals surface area contributed by atoms with Crippen molar-refractivity contribution in [1.29, 1.82) is 0 Å². The smallest absolute Gasteiger partial charge is 0.261 e. The predicted octanol–water partition coefficient (Wildman–Crippen LogP) is 4.13. The van der Waals surface area contributed by atoms with Crippen molar-refractivity contribution in [1.82, 2.24) is 9.55 Å². The number of aromatic nitrogens is 2. The van der Waals surface area contributed by atoms with Gasteiger partial charge in [0.05, 0.1) is 10.9 Å². The first-order chi connectivity index (χ1) is 11.1. The Morgan fingerprint density at radius 3 is 2.91 bits per heavy atom. The van der Waals surface area contributed by atoms with E-state index in [1.165, 1.54) is 12.1 Å². The van der Waals surface area contributed by atoms with Crippen LogP contribution in [0.25, 0.3) is 22.6 Å². The van der Waals surface area contributed by atoms with Gasteiger partial charge in [-0.25, -0.2) is 9.37 Å². The molecule has 0 bridgehead atoms. The molecule has 2 aromatic carbocycles. The molecule has 3 nitrogen and oxygen atoms in total. The number of nitrogens with zero attached hydrogens (tertiary/aromatic N) is 2. The van der Waals surface area contributed by atoms with Gasteiger partial charge in [0, 0.05) is 11.6 Å². The molecule has 0 aliphatic carbocycles. The van der Waals surface area contributed by atoms with Gasteiger partial charge in [0.15, 0.2) is 0 Å². The third kappa shape index (κ3) is 2.45. The number of benzene rings is 2. The molecule has 5 heteroatoms. The average molecular weight is 327 g/mol. The molecule has 0 saturated carbocycles. The normalized spacial score (nSPS) is 15.3. The van der Waals surface area contributed by atoms with Crippen LogP contribution in [0.3, 0.4) is 0 Å². The van der Waals surface area contributed by atoms with Crippen molar-refractivity contribution in [2.45, 2.75) is 13.0 Å². The number of hydrogen-bond acceptors (Lipinski definition) is 2. The molecule has 0 fully saturated rings. The van der Waals surface area contributed by atoms with Crippen LogP contribution in [-0.4, -0.2) is 9.55 Å². The first-order valence-electron chi connectivity index (χ1n) is 7.28. The van der Waals surface area contributed by atoms with Crippen LogP contribution in [0.4, 0.5) is 4.39 Å². The highest BCUT2D eigenvalue weighted by Gasteiger charge is 2.20. The molecule has 0 saturated heterocycles. The lowest BCUT2D eigenvalue weighted by Gasteiger charge is -2.06. The van der Waals surface area contributed by atoms with E-state index in [1.54, 1.807) is 28.8 Å². The summed E-state index contributed by atoms with van der Waals surface area (Å²) in [5.41, 5.74) is 2.20. The number of allylic oxidation sites excluding steroid dienone is 1. The highest BCUT2D eigenvalue weighted by molar-refractivity contribution is 6.31. The highest BCUT2D eigenvalue weighted by Crippen LogP contribution is 2.28. The van der Waals surface area contributed by atoms with Gasteiger partial charge in [0.2, 0.25) is 0 Å². The van der Waals surface area contributed by atoms with Gasteiger partial charge in [-0.05, 0) is 54.0 Å². The summed E-state index contributed by atoms with van der Waals surface area (Å²) in [6.07, 6.45) is 2.58. The highest BCUT2D eigenvalue weighted by atomic mass is 35.5. The van der Waals surface area contributed by atoms with Crippen molar-refractivity contribution in [3.63, 3.8) is 0 Å². The SMILES string of the molecule is O=c1c2ccc(Cl)cc2nc2n1CC/C2=C\c1cccc(F)c1. The van der Waals surface area contributed by atoms with Gasteiger partial charge >= 0.3 is 0 Å². The van der Waals surface area contributed by atoms with Gasteiger partial charge in [-0.3, -0.25) is 9.36 Å². The molecular formula is C18H12ClFN2O. The molecule has 0 spiro atoms. The Morgan fingerprint density at radius 1 is 1.22 bits per heavy atom. The third-order valence-electron chi connectivity index (χ3n) is 4.00. The Balaban J connectivity index is 1.91. The van der Waals surface area contributed by atoms with Crippen LogP contribution in [-0.2, 0) is 6.54 Å².